The molecule has 2 N–H and O–H groups in total. The van der Waals surface area contributed by atoms with Crippen LogP contribution in [0.2, 0.25) is 0 Å². The van der Waals surface area contributed by atoms with Gasteiger partial charge in [0.05, 0.1) is 5.52 Å². The Hall–Kier alpha value is -1.41. The van der Waals surface area contributed by atoms with E-state index in [4.69, 9.17) is 5.73 Å². The van der Waals surface area contributed by atoms with Crippen LogP contribution in [0, 0.1) is 11.8 Å². The fourth-order valence-corrected chi connectivity index (χ4v) is 3.96. The first-order valence-electron chi connectivity index (χ1n) is 8.09. The predicted octanol–water partition coefficient (Wildman–Crippen LogP) is 4.28. The SMILES string of the molecule is CC1CCC(C(C)(C)c2cnc3ccccc3c2)C(N)C1. The van der Waals surface area contributed by atoms with Crippen molar-refractivity contribution >= 4 is 10.9 Å². The average Bonchev–Trinajstić information content (AvgIpc) is 2.46. The van der Waals surface area contributed by atoms with Gasteiger partial charge in [0, 0.05) is 17.6 Å². The minimum Gasteiger partial charge on any atom is -0.327 e. The molecule has 2 nitrogen and oxygen atoms in total. The van der Waals surface area contributed by atoms with Crippen molar-refractivity contribution < 1.29 is 0 Å². The number of benzene rings is 1. The van der Waals surface area contributed by atoms with Gasteiger partial charge in [0.1, 0.15) is 0 Å². The highest BCUT2D eigenvalue weighted by molar-refractivity contribution is 5.79. The van der Waals surface area contributed by atoms with Crippen molar-refractivity contribution in [3.8, 4) is 0 Å². The summed E-state index contributed by atoms with van der Waals surface area (Å²) in [6.07, 6.45) is 5.72. The second kappa shape index (κ2) is 5.42. The molecule has 3 rings (SSSR count). The van der Waals surface area contributed by atoms with Gasteiger partial charge in [-0.1, -0.05) is 45.4 Å². The third kappa shape index (κ3) is 2.69. The molecule has 21 heavy (non-hydrogen) atoms. The number of rotatable bonds is 2. The molecular weight excluding hydrogens is 256 g/mol. The van der Waals surface area contributed by atoms with E-state index in [1.165, 1.54) is 23.8 Å². The largest absolute Gasteiger partial charge is 0.327 e. The molecule has 1 aliphatic rings. The number of para-hydroxylation sites is 1. The molecule has 0 amide bonds. The molecule has 0 radical (unpaired) electrons. The van der Waals surface area contributed by atoms with Crippen LogP contribution in [0.15, 0.2) is 36.5 Å². The van der Waals surface area contributed by atoms with E-state index in [0.29, 0.717) is 12.0 Å². The van der Waals surface area contributed by atoms with E-state index >= 15 is 0 Å². The molecule has 1 fully saturated rings. The van der Waals surface area contributed by atoms with Gasteiger partial charge in [-0.15, -0.1) is 0 Å². The first kappa shape index (κ1) is 14.5. The molecule has 2 aromatic rings. The maximum absolute atomic E-state index is 6.49. The molecule has 1 heterocycles. The molecule has 0 bridgehead atoms. The number of fused-ring (bicyclic) bond motifs is 1. The highest BCUT2D eigenvalue weighted by Crippen LogP contribution is 2.41. The Kier molecular flexibility index (Phi) is 3.75. The van der Waals surface area contributed by atoms with Gasteiger partial charge in [-0.25, -0.2) is 0 Å². The van der Waals surface area contributed by atoms with Crippen molar-refractivity contribution in [2.45, 2.75) is 51.5 Å². The zero-order valence-corrected chi connectivity index (χ0v) is 13.3. The van der Waals surface area contributed by atoms with Gasteiger partial charge < -0.3 is 5.73 Å². The number of hydrogen-bond acceptors (Lipinski definition) is 2. The lowest BCUT2D eigenvalue weighted by Gasteiger charge is -2.43. The van der Waals surface area contributed by atoms with Gasteiger partial charge >= 0.3 is 0 Å². The third-order valence-corrected chi connectivity index (χ3v) is 5.42. The van der Waals surface area contributed by atoms with Gasteiger partial charge in [0.15, 0.2) is 0 Å². The van der Waals surface area contributed by atoms with Crippen molar-refractivity contribution in [2.24, 2.45) is 17.6 Å². The molecule has 0 saturated heterocycles. The monoisotopic (exact) mass is 282 g/mol. The van der Waals surface area contributed by atoms with Crippen LogP contribution in [0.25, 0.3) is 10.9 Å². The maximum atomic E-state index is 6.49. The smallest absolute Gasteiger partial charge is 0.0702 e. The van der Waals surface area contributed by atoms with E-state index in [-0.39, 0.29) is 5.41 Å². The van der Waals surface area contributed by atoms with E-state index in [2.05, 4.69) is 50.0 Å². The van der Waals surface area contributed by atoms with Gasteiger partial charge in [-0.2, -0.15) is 0 Å². The Morgan fingerprint density at radius 1 is 1.19 bits per heavy atom. The highest BCUT2D eigenvalue weighted by atomic mass is 14.7. The maximum Gasteiger partial charge on any atom is 0.0702 e. The second-order valence-electron chi connectivity index (χ2n) is 7.33. The highest BCUT2D eigenvalue weighted by Gasteiger charge is 2.38. The van der Waals surface area contributed by atoms with Gasteiger partial charge in [0.25, 0.3) is 0 Å². The fourth-order valence-electron chi connectivity index (χ4n) is 3.96. The third-order valence-electron chi connectivity index (χ3n) is 5.42. The fraction of sp³-hybridized carbons (Fsp3) is 0.526. The first-order chi connectivity index (χ1) is 9.98. The summed E-state index contributed by atoms with van der Waals surface area (Å²) >= 11 is 0. The van der Waals surface area contributed by atoms with E-state index in [0.717, 1.165) is 17.9 Å². The zero-order valence-electron chi connectivity index (χ0n) is 13.3. The molecule has 0 spiro atoms. The van der Waals surface area contributed by atoms with Gasteiger partial charge in [-0.3, -0.25) is 4.98 Å². The topological polar surface area (TPSA) is 38.9 Å². The molecule has 112 valence electrons. The Balaban J connectivity index is 1.95. The number of aromatic nitrogens is 1. The van der Waals surface area contributed by atoms with Gasteiger partial charge in [0.2, 0.25) is 0 Å². The van der Waals surface area contributed by atoms with Crippen LogP contribution in [0.5, 0.6) is 0 Å². The quantitative estimate of drug-likeness (QED) is 0.893. The van der Waals surface area contributed by atoms with E-state index in [1.807, 2.05) is 12.3 Å². The number of hydrogen-bond donors (Lipinski definition) is 1. The van der Waals surface area contributed by atoms with E-state index in [9.17, 15) is 0 Å². The Morgan fingerprint density at radius 2 is 1.95 bits per heavy atom. The van der Waals surface area contributed by atoms with E-state index < -0.39 is 0 Å². The molecular formula is C19H26N2. The Labute approximate surface area is 127 Å². The molecule has 0 aliphatic heterocycles. The summed E-state index contributed by atoms with van der Waals surface area (Å²) in [6.45, 7) is 6.99. The summed E-state index contributed by atoms with van der Waals surface area (Å²) in [7, 11) is 0. The lowest BCUT2D eigenvalue weighted by Crippen LogP contribution is -2.45. The zero-order chi connectivity index (χ0) is 15.0. The summed E-state index contributed by atoms with van der Waals surface area (Å²) in [5.41, 5.74) is 8.95. The average molecular weight is 282 g/mol. The lowest BCUT2D eigenvalue weighted by molar-refractivity contribution is 0.171. The van der Waals surface area contributed by atoms with Crippen LogP contribution in [0.4, 0.5) is 0 Å². The first-order valence-corrected chi connectivity index (χ1v) is 8.09. The van der Waals surface area contributed by atoms with Gasteiger partial charge in [-0.05, 0) is 47.8 Å². The van der Waals surface area contributed by atoms with Crippen molar-refractivity contribution in [3.63, 3.8) is 0 Å². The Bertz CT molecular complexity index is 632. The minimum atomic E-state index is 0.0799. The van der Waals surface area contributed by atoms with Crippen LogP contribution in [-0.2, 0) is 5.41 Å². The lowest BCUT2D eigenvalue weighted by atomic mass is 9.64. The molecule has 1 aliphatic carbocycles. The number of nitrogens with zero attached hydrogens (tertiary/aromatic N) is 1. The summed E-state index contributed by atoms with van der Waals surface area (Å²) in [4.78, 5) is 4.64. The molecule has 3 unspecified atom stereocenters. The minimum absolute atomic E-state index is 0.0799. The molecule has 2 heteroatoms. The van der Waals surface area contributed by atoms with Crippen LogP contribution < -0.4 is 5.73 Å². The molecule has 1 saturated carbocycles. The standard InChI is InChI=1S/C19H26N2/c1-13-8-9-16(17(20)10-13)19(2,3)15-11-14-6-4-5-7-18(14)21-12-15/h4-7,11-13,16-17H,8-10,20H2,1-3H3. The van der Waals surface area contributed by atoms with Crippen LogP contribution >= 0.6 is 0 Å². The summed E-state index contributed by atoms with van der Waals surface area (Å²) in [5.74, 6) is 1.30. The summed E-state index contributed by atoms with van der Waals surface area (Å²) in [6, 6.07) is 10.9. The van der Waals surface area contributed by atoms with E-state index in [1.54, 1.807) is 0 Å². The van der Waals surface area contributed by atoms with Crippen molar-refractivity contribution in [2.75, 3.05) is 0 Å². The summed E-state index contributed by atoms with van der Waals surface area (Å²) in [5, 5.41) is 1.22. The normalized spacial score (nSPS) is 27.0. The Morgan fingerprint density at radius 3 is 2.71 bits per heavy atom. The molecule has 1 aromatic carbocycles. The number of nitrogens with two attached hydrogens (primary N) is 1. The van der Waals surface area contributed by atoms with Crippen LogP contribution in [-0.4, -0.2) is 11.0 Å². The van der Waals surface area contributed by atoms with Crippen molar-refractivity contribution in [3.05, 3.63) is 42.1 Å². The van der Waals surface area contributed by atoms with Crippen LogP contribution in [0.3, 0.4) is 0 Å². The van der Waals surface area contributed by atoms with Crippen molar-refractivity contribution in [1.82, 2.24) is 4.98 Å². The second-order valence-corrected chi connectivity index (χ2v) is 7.33. The molecule has 1 aromatic heterocycles. The molecule has 3 atom stereocenters. The number of pyridine rings is 1. The van der Waals surface area contributed by atoms with Crippen LogP contribution in [0.1, 0.15) is 45.6 Å². The van der Waals surface area contributed by atoms with Crippen molar-refractivity contribution in [1.29, 1.82) is 0 Å². The predicted molar refractivity (Wildman–Crippen MR) is 89.2 cm³/mol. The summed E-state index contributed by atoms with van der Waals surface area (Å²) < 4.78 is 0.